The molecule has 2 unspecified atom stereocenters. The molecule has 3 heteroatoms. The highest BCUT2D eigenvalue weighted by atomic mass is 32.2. The Labute approximate surface area is 94.3 Å². The van der Waals surface area contributed by atoms with Gasteiger partial charge in [0.25, 0.3) is 0 Å². The van der Waals surface area contributed by atoms with Crippen LogP contribution in [0.15, 0.2) is 24.3 Å². The Morgan fingerprint density at radius 3 is 2.53 bits per heavy atom. The van der Waals surface area contributed by atoms with E-state index < -0.39 is 5.60 Å². The first-order valence-electron chi connectivity index (χ1n) is 5.20. The number of thioether (sulfide) groups is 1. The zero-order valence-electron chi connectivity index (χ0n) is 8.81. The maximum Gasteiger partial charge on any atom is 0.115 e. The Morgan fingerprint density at radius 2 is 2.00 bits per heavy atom. The van der Waals surface area contributed by atoms with Crippen LogP contribution in [0.1, 0.15) is 18.9 Å². The van der Waals surface area contributed by atoms with Gasteiger partial charge in [-0.3, -0.25) is 0 Å². The second-order valence-electron chi connectivity index (χ2n) is 4.25. The van der Waals surface area contributed by atoms with E-state index in [4.69, 9.17) is 0 Å². The molecule has 2 nitrogen and oxygen atoms in total. The van der Waals surface area contributed by atoms with Crippen molar-refractivity contribution >= 4 is 11.8 Å². The van der Waals surface area contributed by atoms with E-state index in [1.54, 1.807) is 24.3 Å². The summed E-state index contributed by atoms with van der Waals surface area (Å²) in [5.74, 6) is 2.73. The summed E-state index contributed by atoms with van der Waals surface area (Å²) in [5.41, 5.74) is 0.129. The quantitative estimate of drug-likeness (QED) is 0.810. The zero-order valence-corrected chi connectivity index (χ0v) is 9.63. The van der Waals surface area contributed by atoms with E-state index in [1.807, 2.05) is 18.7 Å². The van der Waals surface area contributed by atoms with E-state index in [1.165, 1.54) is 0 Å². The highest BCUT2D eigenvalue weighted by molar-refractivity contribution is 7.99. The standard InChI is InChI=1S/C12H16O2S/c1-12(14,10-6-7-15-8-10)9-2-4-11(13)5-3-9/h2-5,10,13-14H,6-8H2,1H3. The molecule has 1 saturated heterocycles. The number of phenolic OH excluding ortho intramolecular Hbond substituents is 1. The van der Waals surface area contributed by atoms with Gasteiger partial charge in [-0.2, -0.15) is 11.8 Å². The van der Waals surface area contributed by atoms with Gasteiger partial charge in [-0.15, -0.1) is 0 Å². The molecule has 15 heavy (non-hydrogen) atoms. The van der Waals surface area contributed by atoms with Crippen molar-refractivity contribution < 1.29 is 10.2 Å². The number of aromatic hydroxyl groups is 1. The lowest BCUT2D eigenvalue weighted by Gasteiger charge is -2.30. The van der Waals surface area contributed by atoms with Crippen LogP contribution in [-0.4, -0.2) is 21.7 Å². The Bertz CT molecular complexity index is 326. The number of rotatable bonds is 2. The first kappa shape index (κ1) is 10.8. The van der Waals surface area contributed by atoms with Gasteiger partial charge in [0.15, 0.2) is 0 Å². The maximum atomic E-state index is 10.5. The molecule has 1 aromatic rings. The molecule has 2 atom stereocenters. The molecule has 0 saturated carbocycles. The molecular weight excluding hydrogens is 208 g/mol. The van der Waals surface area contributed by atoms with E-state index in [0.717, 1.165) is 23.5 Å². The van der Waals surface area contributed by atoms with Gasteiger partial charge in [-0.1, -0.05) is 12.1 Å². The molecule has 0 bridgehead atoms. The van der Waals surface area contributed by atoms with Crippen LogP contribution in [0, 0.1) is 5.92 Å². The Balaban J connectivity index is 2.23. The molecule has 1 fully saturated rings. The second kappa shape index (κ2) is 4.06. The van der Waals surface area contributed by atoms with Gasteiger partial charge in [0.1, 0.15) is 5.75 Å². The molecule has 0 aliphatic carbocycles. The molecule has 1 aliphatic heterocycles. The molecule has 0 aromatic heterocycles. The number of hydrogen-bond donors (Lipinski definition) is 2. The molecule has 82 valence electrons. The fourth-order valence-electron chi connectivity index (χ4n) is 2.01. The first-order valence-corrected chi connectivity index (χ1v) is 6.36. The normalized spacial score (nSPS) is 25.1. The topological polar surface area (TPSA) is 40.5 Å². The average Bonchev–Trinajstić information content (AvgIpc) is 2.71. The predicted octanol–water partition coefficient (Wildman–Crippen LogP) is 2.35. The number of hydrogen-bond acceptors (Lipinski definition) is 3. The van der Waals surface area contributed by atoms with Crippen molar-refractivity contribution in [2.75, 3.05) is 11.5 Å². The zero-order chi connectivity index (χ0) is 10.9. The van der Waals surface area contributed by atoms with Crippen molar-refractivity contribution in [1.29, 1.82) is 0 Å². The predicted molar refractivity (Wildman–Crippen MR) is 63.1 cm³/mol. The van der Waals surface area contributed by atoms with Crippen LogP contribution < -0.4 is 0 Å². The molecule has 1 aromatic carbocycles. The van der Waals surface area contributed by atoms with Crippen LogP contribution in [0.2, 0.25) is 0 Å². The van der Waals surface area contributed by atoms with Crippen molar-refractivity contribution in [1.82, 2.24) is 0 Å². The summed E-state index contributed by atoms with van der Waals surface area (Å²) < 4.78 is 0. The molecule has 1 heterocycles. The lowest BCUT2D eigenvalue weighted by atomic mass is 9.82. The van der Waals surface area contributed by atoms with Gasteiger partial charge in [0.05, 0.1) is 5.60 Å². The number of phenols is 1. The van der Waals surface area contributed by atoms with Crippen LogP contribution in [0.4, 0.5) is 0 Å². The van der Waals surface area contributed by atoms with E-state index in [0.29, 0.717) is 5.92 Å². The fourth-order valence-corrected chi connectivity index (χ4v) is 3.41. The van der Waals surface area contributed by atoms with E-state index in [9.17, 15) is 10.2 Å². The van der Waals surface area contributed by atoms with Gasteiger partial charge in [0.2, 0.25) is 0 Å². The van der Waals surface area contributed by atoms with Gasteiger partial charge in [-0.05, 0) is 42.5 Å². The third kappa shape index (κ3) is 2.13. The Kier molecular flexibility index (Phi) is 2.94. The molecule has 0 spiro atoms. The summed E-state index contributed by atoms with van der Waals surface area (Å²) in [4.78, 5) is 0. The van der Waals surface area contributed by atoms with Crippen LogP contribution >= 0.6 is 11.8 Å². The van der Waals surface area contributed by atoms with E-state index in [2.05, 4.69) is 0 Å². The van der Waals surface area contributed by atoms with Crippen molar-refractivity contribution in [3.8, 4) is 5.75 Å². The van der Waals surface area contributed by atoms with Gasteiger partial charge < -0.3 is 10.2 Å². The molecule has 1 aliphatic rings. The lowest BCUT2D eigenvalue weighted by molar-refractivity contribution is 0.00471. The summed E-state index contributed by atoms with van der Waals surface area (Å²) in [5, 5.41) is 19.7. The van der Waals surface area contributed by atoms with E-state index in [-0.39, 0.29) is 5.75 Å². The third-order valence-corrected chi connectivity index (χ3v) is 4.34. The van der Waals surface area contributed by atoms with E-state index >= 15 is 0 Å². The number of benzene rings is 1. The van der Waals surface area contributed by atoms with Gasteiger partial charge >= 0.3 is 0 Å². The molecule has 2 N–H and O–H groups in total. The lowest BCUT2D eigenvalue weighted by Crippen LogP contribution is -2.31. The summed E-state index contributed by atoms with van der Waals surface area (Å²) in [6.45, 7) is 1.87. The summed E-state index contributed by atoms with van der Waals surface area (Å²) >= 11 is 1.90. The summed E-state index contributed by atoms with van der Waals surface area (Å²) in [6.07, 6.45) is 1.07. The minimum absolute atomic E-state index is 0.246. The summed E-state index contributed by atoms with van der Waals surface area (Å²) in [7, 11) is 0. The Hall–Kier alpha value is -0.670. The second-order valence-corrected chi connectivity index (χ2v) is 5.40. The SMILES string of the molecule is CC(O)(c1ccc(O)cc1)C1CCSC1. The third-order valence-electron chi connectivity index (χ3n) is 3.18. The largest absolute Gasteiger partial charge is 0.508 e. The van der Waals surface area contributed by atoms with Crippen molar-refractivity contribution in [2.24, 2.45) is 5.92 Å². The first-order chi connectivity index (χ1) is 7.10. The monoisotopic (exact) mass is 224 g/mol. The maximum absolute atomic E-state index is 10.5. The minimum Gasteiger partial charge on any atom is -0.508 e. The smallest absolute Gasteiger partial charge is 0.115 e. The number of aliphatic hydroxyl groups is 1. The molecule has 2 rings (SSSR count). The van der Waals surface area contributed by atoms with Gasteiger partial charge in [-0.25, -0.2) is 0 Å². The van der Waals surface area contributed by atoms with Crippen molar-refractivity contribution in [3.05, 3.63) is 29.8 Å². The fraction of sp³-hybridized carbons (Fsp3) is 0.500. The van der Waals surface area contributed by atoms with Crippen LogP contribution in [-0.2, 0) is 5.60 Å². The van der Waals surface area contributed by atoms with Crippen LogP contribution in [0.5, 0.6) is 5.75 Å². The average molecular weight is 224 g/mol. The molecule has 0 radical (unpaired) electrons. The molecular formula is C12H16O2S. The molecule has 0 amide bonds. The van der Waals surface area contributed by atoms with Crippen molar-refractivity contribution in [3.63, 3.8) is 0 Å². The van der Waals surface area contributed by atoms with Gasteiger partial charge in [0, 0.05) is 5.92 Å². The summed E-state index contributed by atoms with van der Waals surface area (Å²) in [6, 6.07) is 6.87. The van der Waals surface area contributed by atoms with Crippen molar-refractivity contribution in [2.45, 2.75) is 18.9 Å². The minimum atomic E-state index is -0.767. The van der Waals surface area contributed by atoms with Crippen LogP contribution in [0.25, 0.3) is 0 Å². The highest BCUT2D eigenvalue weighted by Gasteiger charge is 2.35. The van der Waals surface area contributed by atoms with Crippen LogP contribution in [0.3, 0.4) is 0 Å². The Morgan fingerprint density at radius 1 is 1.33 bits per heavy atom. The highest BCUT2D eigenvalue weighted by Crippen LogP contribution is 2.38.